The number of hydrogen-bond acceptors (Lipinski definition) is 4. The van der Waals surface area contributed by atoms with Crippen LogP contribution in [0.4, 0.5) is 0 Å². The number of benzene rings is 1. The molecule has 0 radical (unpaired) electrons. The maximum atomic E-state index is 11.6. The fourth-order valence-corrected chi connectivity index (χ4v) is 2.00. The SMILES string of the molecule is CC/C=C\C(=C/C(C)Br)C(=O)NNCC.O=CCc1cccc(O)c1. The second-order valence-corrected chi connectivity index (χ2v) is 6.58. The number of hydrazine groups is 1. The molecule has 0 aliphatic carbocycles. The second-order valence-electron chi connectivity index (χ2n) is 5.14. The van der Waals surface area contributed by atoms with E-state index in [0.29, 0.717) is 18.5 Å². The summed E-state index contributed by atoms with van der Waals surface area (Å²) in [7, 11) is 0. The van der Waals surface area contributed by atoms with E-state index in [1.54, 1.807) is 24.3 Å². The normalized spacial score (nSPS) is 12.2. The Kier molecular flexibility index (Phi) is 13.3. The van der Waals surface area contributed by atoms with Gasteiger partial charge in [-0.1, -0.05) is 60.1 Å². The fourth-order valence-electron chi connectivity index (χ4n) is 1.72. The highest BCUT2D eigenvalue weighted by molar-refractivity contribution is 9.09. The maximum absolute atomic E-state index is 11.6. The molecule has 0 heterocycles. The Bertz CT molecular complexity index is 584. The van der Waals surface area contributed by atoms with Crippen LogP contribution in [0, 0.1) is 0 Å². The van der Waals surface area contributed by atoms with Gasteiger partial charge in [-0.05, 0) is 31.0 Å². The van der Waals surface area contributed by atoms with Crippen LogP contribution in [-0.4, -0.2) is 28.7 Å². The van der Waals surface area contributed by atoms with Gasteiger partial charge in [-0.3, -0.25) is 10.2 Å². The number of carbonyl (C=O) groups is 2. The van der Waals surface area contributed by atoms with Gasteiger partial charge in [0, 0.05) is 23.4 Å². The summed E-state index contributed by atoms with van der Waals surface area (Å²) in [5, 5.41) is 8.92. The highest BCUT2D eigenvalue weighted by atomic mass is 79.9. The first kappa shape index (κ1) is 23.1. The van der Waals surface area contributed by atoms with Crippen molar-refractivity contribution in [2.24, 2.45) is 0 Å². The molecule has 3 N–H and O–H groups in total. The van der Waals surface area contributed by atoms with Crippen molar-refractivity contribution in [1.82, 2.24) is 10.9 Å². The molecule has 1 aromatic rings. The Hall–Kier alpha value is -1.92. The van der Waals surface area contributed by atoms with Crippen LogP contribution in [0.15, 0.2) is 48.1 Å². The lowest BCUT2D eigenvalue weighted by Crippen LogP contribution is -2.37. The van der Waals surface area contributed by atoms with E-state index in [9.17, 15) is 9.59 Å². The van der Waals surface area contributed by atoms with Crippen LogP contribution < -0.4 is 10.9 Å². The molecule has 0 saturated carbocycles. The number of rotatable bonds is 8. The standard InChI is InChI=1S/C11H19BrN2O.C8H8O2/c1-4-6-7-10(8-9(3)12)11(15)14-13-5-2;9-5-4-7-2-1-3-8(10)6-7/h6-9,13H,4-5H2,1-3H3,(H,14,15);1-3,5-6,10H,4H2/b7-6-,10-8+;. The monoisotopic (exact) mass is 410 g/mol. The fraction of sp³-hybridized carbons (Fsp3) is 0.368. The first-order valence-electron chi connectivity index (χ1n) is 8.21. The largest absolute Gasteiger partial charge is 0.508 e. The van der Waals surface area contributed by atoms with Gasteiger partial charge in [-0.25, -0.2) is 5.43 Å². The average Bonchev–Trinajstić information content (AvgIpc) is 2.57. The molecule has 0 aromatic heterocycles. The van der Waals surface area contributed by atoms with E-state index >= 15 is 0 Å². The third-order valence-electron chi connectivity index (χ3n) is 2.81. The summed E-state index contributed by atoms with van der Waals surface area (Å²) in [6.45, 7) is 6.65. The number of alkyl halides is 1. The van der Waals surface area contributed by atoms with Gasteiger partial charge in [-0.15, -0.1) is 0 Å². The second kappa shape index (κ2) is 14.4. The van der Waals surface area contributed by atoms with E-state index in [0.717, 1.165) is 18.3 Å². The van der Waals surface area contributed by atoms with Crippen LogP contribution in [0.2, 0.25) is 0 Å². The summed E-state index contributed by atoms with van der Waals surface area (Å²) < 4.78 is 0. The van der Waals surface area contributed by atoms with Crippen LogP contribution in [0.25, 0.3) is 0 Å². The summed E-state index contributed by atoms with van der Waals surface area (Å²) >= 11 is 3.39. The number of amides is 1. The molecule has 1 amide bonds. The van der Waals surface area contributed by atoms with E-state index in [2.05, 4.69) is 26.8 Å². The smallest absolute Gasteiger partial charge is 0.265 e. The summed E-state index contributed by atoms with van der Waals surface area (Å²) in [6.07, 6.45) is 7.78. The van der Waals surface area contributed by atoms with Gasteiger partial charge >= 0.3 is 0 Å². The first-order valence-corrected chi connectivity index (χ1v) is 9.13. The predicted molar refractivity (Wildman–Crippen MR) is 106 cm³/mol. The third kappa shape index (κ3) is 12.1. The van der Waals surface area contributed by atoms with Gasteiger partial charge in [-0.2, -0.15) is 0 Å². The van der Waals surface area contributed by atoms with Crippen LogP contribution in [0.1, 0.15) is 32.8 Å². The van der Waals surface area contributed by atoms with Gasteiger partial charge < -0.3 is 9.90 Å². The van der Waals surface area contributed by atoms with Crippen molar-refractivity contribution in [3.8, 4) is 5.75 Å². The van der Waals surface area contributed by atoms with Crippen molar-refractivity contribution in [3.63, 3.8) is 0 Å². The summed E-state index contributed by atoms with van der Waals surface area (Å²) in [4.78, 5) is 21.8. The minimum Gasteiger partial charge on any atom is -0.508 e. The topological polar surface area (TPSA) is 78.4 Å². The molecular formula is C19H27BrN2O3. The Morgan fingerprint density at radius 3 is 2.60 bits per heavy atom. The summed E-state index contributed by atoms with van der Waals surface area (Å²) in [6, 6.07) is 6.67. The van der Waals surface area contributed by atoms with Gasteiger partial charge in [0.25, 0.3) is 5.91 Å². The van der Waals surface area contributed by atoms with Gasteiger partial charge in [0.15, 0.2) is 0 Å². The molecule has 1 atom stereocenters. The van der Waals surface area contributed by atoms with Crippen molar-refractivity contribution in [2.75, 3.05) is 6.54 Å². The molecule has 1 rings (SSSR count). The van der Waals surface area contributed by atoms with Crippen LogP contribution >= 0.6 is 15.9 Å². The molecule has 0 bridgehead atoms. The Morgan fingerprint density at radius 1 is 1.36 bits per heavy atom. The van der Waals surface area contributed by atoms with Gasteiger partial charge in [0.2, 0.25) is 0 Å². The molecule has 6 heteroatoms. The number of halogens is 1. The Balaban J connectivity index is 0.000000496. The quantitative estimate of drug-likeness (QED) is 0.201. The van der Waals surface area contributed by atoms with Gasteiger partial charge in [0.05, 0.1) is 0 Å². The minimum atomic E-state index is -0.104. The van der Waals surface area contributed by atoms with E-state index in [4.69, 9.17) is 5.11 Å². The number of nitrogens with one attached hydrogen (secondary N) is 2. The van der Waals surface area contributed by atoms with Gasteiger partial charge in [0.1, 0.15) is 12.0 Å². The number of aromatic hydroxyl groups is 1. The van der Waals surface area contributed by atoms with E-state index in [1.807, 2.05) is 39.0 Å². The average molecular weight is 411 g/mol. The number of phenolic OH excluding ortho intramolecular Hbond substituents is 1. The van der Waals surface area contributed by atoms with Crippen LogP contribution in [-0.2, 0) is 16.0 Å². The van der Waals surface area contributed by atoms with Crippen LogP contribution in [0.3, 0.4) is 0 Å². The molecule has 1 unspecified atom stereocenters. The van der Waals surface area contributed by atoms with E-state index in [-0.39, 0.29) is 16.5 Å². The first-order chi connectivity index (χ1) is 11.9. The lowest BCUT2D eigenvalue weighted by molar-refractivity contribution is -0.118. The highest BCUT2D eigenvalue weighted by Crippen LogP contribution is 2.10. The molecule has 0 saturated heterocycles. The predicted octanol–water partition coefficient (Wildman–Crippen LogP) is 3.44. The van der Waals surface area contributed by atoms with E-state index < -0.39 is 0 Å². The summed E-state index contributed by atoms with van der Waals surface area (Å²) in [5.74, 6) is 0.104. The molecule has 1 aromatic carbocycles. The zero-order valence-electron chi connectivity index (χ0n) is 15.0. The van der Waals surface area contributed by atoms with Crippen molar-refractivity contribution >= 4 is 28.1 Å². The number of phenols is 1. The van der Waals surface area contributed by atoms with Crippen molar-refractivity contribution in [1.29, 1.82) is 0 Å². The van der Waals surface area contributed by atoms with Crippen molar-refractivity contribution in [3.05, 3.63) is 53.6 Å². The molecule has 5 nitrogen and oxygen atoms in total. The number of aldehydes is 1. The molecule has 0 fully saturated rings. The zero-order chi connectivity index (χ0) is 19.1. The van der Waals surface area contributed by atoms with Crippen molar-refractivity contribution in [2.45, 2.75) is 38.4 Å². The molecule has 138 valence electrons. The molecular weight excluding hydrogens is 384 g/mol. The molecule has 25 heavy (non-hydrogen) atoms. The lowest BCUT2D eigenvalue weighted by atomic mass is 10.2. The number of hydrogen-bond donors (Lipinski definition) is 3. The van der Waals surface area contributed by atoms with E-state index in [1.165, 1.54) is 0 Å². The number of allylic oxidation sites excluding steroid dienone is 2. The molecule has 0 aliphatic rings. The van der Waals surface area contributed by atoms with Crippen molar-refractivity contribution < 1.29 is 14.7 Å². The minimum absolute atomic E-state index is 0.104. The Morgan fingerprint density at radius 2 is 2.08 bits per heavy atom. The molecule has 0 aliphatic heterocycles. The number of carbonyl (C=O) groups excluding carboxylic acids is 2. The maximum Gasteiger partial charge on any atom is 0.265 e. The zero-order valence-corrected chi connectivity index (χ0v) is 16.5. The highest BCUT2D eigenvalue weighted by Gasteiger charge is 2.05. The summed E-state index contributed by atoms with van der Waals surface area (Å²) in [5.41, 5.74) is 6.92. The molecule has 0 spiro atoms. The lowest BCUT2D eigenvalue weighted by Gasteiger charge is -2.06. The van der Waals surface area contributed by atoms with Crippen LogP contribution in [0.5, 0.6) is 5.75 Å². The Labute approximate surface area is 158 Å². The third-order valence-corrected chi connectivity index (χ3v) is 3.08.